The van der Waals surface area contributed by atoms with E-state index in [4.69, 9.17) is 9.84 Å². The Morgan fingerprint density at radius 3 is 2.79 bits per heavy atom. The van der Waals surface area contributed by atoms with E-state index in [1.165, 1.54) is 22.8 Å². The van der Waals surface area contributed by atoms with Crippen molar-refractivity contribution in [3.63, 3.8) is 0 Å². The third-order valence-electron chi connectivity index (χ3n) is 2.37. The Balaban J connectivity index is 2.12. The Bertz CT molecular complexity index is 607. The average Bonchev–Trinajstić information content (AvgIpc) is 2.70. The van der Waals surface area contributed by atoms with Crippen LogP contribution in [0.5, 0.6) is 5.75 Å². The van der Waals surface area contributed by atoms with E-state index in [1.54, 1.807) is 0 Å². The first kappa shape index (κ1) is 13.2. The third kappa shape index (κ3) is 3.15. The molecule has 0 saturated carbocycles. The van der Waals surface area contributed by atoms with Gasteiger partial charge in [-0.05, 0) is 12.1 Å². The zero-order valence-corrected chi connectivity index (χ0v) is 9.52. The van der Waals surface area contributed by atoms with E-state index >= 15 is 0 Å². The zero-order valence-electron chi connectivity index (χ0n) is 9.52. The summed E-state index contributed by atoms with van der Waals surface area (Å²) in [6.45, 7) is -0.498. The Labute approximate surface area is 105 Å². The van der Waals surface area contributed by atoms with Gasteiger partial charge in [0.05, 0.1) is 30.9 Å². The van der Waals surface area contributed by atoms with Crippen molar-refractivity contribution in [3.05, 3.63) is 30.1 Å². The van der Waals surface area contributed by atoms with Crippen LogP contribution in [0.25, 0.3) is 5.52 Å². The van der Waals surface area contributed by atoms with Crippen LogP contribution >= 0.6 is 0 Å². The number of hydrogen-bond acceptors (Lipinski definition) is 3. The van der Waals surface area contributed by atoms with Gasteiger partial charge in [-0.2, -0.15) is 18.3 Å². The molecular formula is C11H9F3N2O3. The van der Waals surface area contributed by atoms with Crippen molar-refractivity contribution in [2.45, 2.75) is 12.6 Å². The maximum absolute atomic E-state index is 11.9. The first-order chi connectivity index (χ1) is 8.87. The van der Waals surface area contributed by atoms with Crippen LogP contribution in [0.1, 0.15) is 16.8 Å². The quantitative estimate of drug-likeness (QED) is 0.929. The summed E-state index contributed by atoms with van der Waals surface area (Å²) in [5.74, 6) is -0.933. The van der Waals surface area contributed by atoms with Gasteiger partial charge in [-0.25, -0.2) is 9.31 Å². The lowest BCUT2D eigenvalue weighted by Gasteiger charge is -2.08. The molecule has 2 heterocycles. The minimum Gasteiger partial charge on any atom is -0.492 e. The van der Waals surface area contributed by atoms with E-state index in [2.05, 4.69) is 5.10 Å². The molecule has 0 aliphatic carbocycles. The summed E-state index contributed by atoms with van der Waals surface area (Å²) in [4.78, 5) is 10.8. The van der Waals surface area contributed by atoms with Gasteiger partial charge in [0.25, 0.3) is 0 Å². The van der Waals surface area contributed by atoms with Crippen molar-refractivity contribution in [1.82, 2.24) is 9.61 Å². The second-order valence-corrected chi connectivity index (χ2v) is 3.77. The van der Waals surface area contributed by atoms with Gasteiger partial charge in [0.2, 0.25) is 0 Å². The van der Waals surface area contributed by atoms with Gasteiger partial charge in [0, 0.05) is 0 Å². The molecule has 0 aliphatic rings. The molecule has 8 heteroatoms. The summed E-state index contributed by atoms with van der Waals surface area (Å²) in [6, 6.07) is 2.83. The molecule has 0 bridgehead atoms. The number of carboxylic acids is 1. The molecule has 2 aromatic rings. The lowest BCUT2D eigenvalue weighted by Crippen LogP contribution is -2.13. The van der Waals surface area contributed by atoms with Gasteiger partial charge in [-0.15, -0.1) is 0 Å². The van der Waals surface area contributed by atoms with Gasteiger partial charge in [-0.3, -0.25) is 0 Å². The predicted octanol–water partition coefficient (Wildman–Crippen LogP) is 2.36. The fraction of sp³-hybridized carbons (Fsp3) is 0.273. The van der Waals surface area contributed by atoms with E-state index in [9.17, 15) is 18.0 Å². The molecule has 0 aliphatic heterocycles. The summed E-state index contributed by atoms with van der Waals surface area (Å²) in [6.07, 6.45) is -2.83. The molecule has 19 heavy (non-hydrogen) atoms. The number of carbonyl (C=O) groups is 1. The number of aromatic nitrogens is 2. The average molecular weight is 274 g/mol. The molecule has 2 rings (SSSR count). The number of fused-ring (bicyclic) bond motifs is 1. The molecule has 0 unspecified atom stereocenters. The first-order valence-electron chi connectivity index (χ1n) is 5.27. The summed E-state index contributed by atoms with van der Waals surface area (Å²) in [5, 5.41) is 12.7. The topological polar surface area (TPSA) is 63.8 Å². The lowest BCUT2D eigenvalue weighted by molar-refractivity contribution is -0.139. The molecule has 0 spiro atoms. The summed E-state index contributed by atoms with van der Waals surface area (Å²) in [5.41, 5.74) is 0.359. The highest BCUT2D eigenvalue weighted by atomic mass is 19.4. The monoisotopic (exact) mass is 274 g/mol. The molecule has 0 fully saturated rings. The van der Waals surface area contributed by atoms with Gasteiger partial charge < -0.3 is 9.84 Å². The van der Waals surface area contributed by atoms with E-state index in [0.29, 0.717) is 5.52 Å². The number of halogens is 3. The normalized spacial score (nSPS) is 11.7. The smallest absolute Gasteiger partial charge is 0.392 e. The van der Waals surface area contributed by atoms with E-state index in [0.717, 1.165) is 6.20 Å². The van der Waals surface area contributed by atoms with Gasteiger partial charge in [0.15, 0.2) is 0 Å². The molecule has 0 radical (unpaired) electrons. The molecule has 0 saturated heterocycles. The van der Waals surface area contributed by atoms with E-state index in [1.807, 2.05) is 0 Å². The molecule has 0 atom stereocenters. The highest BCUT2D eigenvalue weighted by molar-refractivity contribution is 5.95. The SMILES string of the molecule is O=C(O)c1cnn2cc(OCCC(F)(F)F)ccc12. The van der Waals surface area contributed by atoms with Crippen molar-refractivity contribution in [2.24, 2.45) is 0 Å². The minimum absolute atomic E-state index is 0.0156. The molecule has 1 N–H and O–H groups in total. The zero-order chi connectivity index (χ0) is 14.0. The van der Waals surface area contributed by atoms with E-state index < -0.39 is 25.2 Å². The van der Waals surface area contributed by atoms with Crippen molar-refractivity contribution in [1.29, 1.82) is 0 Å². The summed E-state index contributed by atoms with van der Waals surface area (Å²) < 4.78 is 42.0. The van der Waals surface area contributed by atoms with Crippen LogP contribution < -0.4 is 4.74 Å². The molecule has 0 amide bonds. The number of rotatable bonds is 4. The number of alkyl halides is 3. The van der Waals surface area contributed by atoms with Crippen LogP contribution in [0, 0.1) is 0 Å². The number of carboxylic acid groups (broad SMARTS) is 1. The number of ether oxygens (including phenoxy) is 1. The Morgan fingerprint density at radius 2 is 2.16 bits per heavy atom. The van der Waals surface area contributed by atoms with Crippen molar-refractivity contribution >= 4 is 11.5 Å². The summed E-state index contributed by atoms with van der Waals surface area (Å²) >= 11 is 0. The van der Waals surface area contributed by atoms with Crippen molar-refractivity contribution in [2.75, 3.05) is 6.61 Å². The predicted molar refractivity (Wildman–Crippen MR) is 58.3 cm³/mol. The summed E-state index contributed by atoms with van der Waals surface area (Å²) in [7, 11) is 0. The molecule has 0 aromatic carbocycles. The van der Waals surface area contributed by atoms with Crippen LogP contribution in [-0.2, 0) is 0 Å². The fourth-order valence-corrected chi connectivity index (χ4v) is 1.50. The highest BCUT2D eigenvalue weighted by Crippen LogP contribution is 2.21. The van der Waals surface area contributed by atoms with Crippen LogP contribution in [0.4, 0.5) is 13.2 Å². The van der Waals surface area contributed by atoms with E-state index in [-0.39, 0.29) is 11.3 Å². The molecule has 2 aromatic heterocycles. The minimum atomic E-state index is -4.27. The van der Waals surface area contributed by atoms with Crippen LogP contribution in [0.15, 0.2) is 24.5 Å². The largest absolute Gasteiger partial charge is 0.492 e. The lowest BCUT2D eigenvalue weighted by atomic mass is 10.2. The third-order valence-corrected chi connectivity index (χ3v) is 2.37. The maximum Gasteiger partial charge on any atom is 0.392 e. The van der Waals surface area contributed by atoms with Crippen LogP contribution in [0.3, 0.4) is 0 Å². The first-order valence-corrected chi connectivity index (χ1v) is 5.27. The molecular weight excluding hydrogens is 265 g/mol. The van der Waals surface area contributed by atoms with Gasteiger partial charge in [0.1, 0.15) is 11.3 Å². The number of nitrogens with zero attached hydrogens (tertiary/aromatic N) is 2. The standard InChI is InChI=1S/C11H9F3N2O3/c12-11(13,14)3-4-19-7-1-2-9-8(10(17)18)5-15-16(9)6-7/h1-2,5-6H,3-4H2,(H,17,18). The van der Waals surface area contributed by atoms with Crippen molar-refractivity contribution in [3.8, 4) is 5.75 Å². The second-order valence-electron chi connectivity index (χ2n) is 3.77. The van der Waals surface area contributed by atoms with Crippen molar-refractivity contribution < 1.29 is 27.8 Å². The fourth-order valence-electron chi connectivity index (χ4n) is 1.50. The second kappa shape index (κ2) is 4.79. The van der Waals surface area contributed by atoms with Gasteiger partial charge >= 0.3 is 12.1 Å². The maximum atomic E-state index is 11.9. The Hall–Kier alpha value is -2.25. The van der Waals surface area contributed by atoms with Gasteiger partial charge in [-0.1, -0.05) is 0 Å². The van der Waals surface area contributed by atoms with Crippen LogP contribution in [0.2, 0.25) is 0 Å². The Morgan fingerprint density at radius 1 is 1.42 bits per heavy atom. The molecule has 102 valence electrons. The number of pyridine rings is 1. The van der Waals surface area contributed by atoms with Crippen LogP contribution in [-0.4, -0.2) is 33.5 Å². The Kier molecular flexibility index (Phi) is 3.32. The highest BCUT2D eigenvalue weighted by Gasteiger charge is 2.26. The number of hydrogen-bond donors (Lipinski definition) is 1. The molecule has 5 nitrogen and oxygen atoms in total. The number of aromatic carboxylic acids is 1.